The maximum Gasteiger partial charge on any atom is 0.410 e. The van der Waals surface area contributed by atoms with E-state index in [0.29, 0.717) is 44.1 Å². The van der Waals surface area contributed by atoms with Gasteiger partial charge in [0.1, 0.15) is 24.1 Å². The predicted octanol–water partition coefficient (Wildman–Crippen LogP) is 4.17. The van der Waals surface area contributed by atoms with Gasteiger partial charge in [0.15, 0.2) is 0 Å². The number of nitrogens with zero attached hydrogens (tertiary/aromatic N) is 6. The molecule has 3 heterocycles. The van der Waals surface area contributed by atoms with Crippen molar-refractivity contribution in [3.63, 3.8) is 0 Å². The average molecular weight is 527 g/mol. The second-order valence-corrected chi connectivity index (χ2v) is 10.4. The van der Waals surface area contributed by atoms with E-state index in [4.69, 9.17) is 27.6 Å². The van der Waals surface area contributed by atoms with Crippen LogP contribution in [-0.4, -0.2) is 76.3 Å². The first kappa shape index (κ1) is 26.5. The fourth-order valence-corrected chi connectivity index (χ4v) is 4.66. The highest BCUT2D eigenvalue weighted by Crippen LogP contribution is 2.30. The van der Waals surface area contributed by atoms with Crippen LogP contribution in [0.1, 0.15) is 37.6 Å². The van der Waals surface area contributed by atoms with Gasteiger partial charge in [-0.15, -0.1) is 0 Å². The van der Waals surface area contributed by atoms with Crippen LogP contribution in [0.5, 0.6) is 0 Å². The second kappa shape index (κ2) is 11.2. The SMILES string of the molecule is [C-]#[N+]CC1CN(c2nc(Cl)nc3c2CCN(C(=O)OC(C)(C)C)C3)CCN1C(=O)OCc1ccccc1. The second-order valence-electron chi connectivity index (χ2n) is 10.1. The van der Waals surface area contributed by atoms with E-state index in [-0.39, 0.29) is 31.0 Å². The molecule has 37 heavy (non-hydrogen) atoms. The zero-order valence-electron chi connectivity index (χ0n) is 21.3. The zero-order valence-corrected chi connectivity index (χ0v) is 22.1. The van der Waals surface area contributed by atoms with Crippen LogP contribution in [0.4, 0.5) is 15.4 Å². The number of hydrogen-bond donors (Lipinski definition) is 0. The van der Waals surface area contributed by atoms with Crippen LogP contribution in [0.2, 0.25) is 5.28 Å². The third kappa shape index (κ3) is 6.60. The minimum atomic E-state index is -0.592. The molecule has 4 rings (SSSR count). The lowest BCUT2D eigenvalue weighted by Crippen LogP contribution is -2.57. The number of carbonyl (C=O) groups is 2. The Labute approximate surface area is 221 Å². The number of fused-ring (bicyclic) bond motifs is 1. The van der Waals surface area contributed by atoms with Gasteiger partial charge in [0.2, 0.25) is 11.8 Å². The number of rotatable bonds is 4. The van der Waals surface area contributed by atoms with Crippen molar-refractivity contribution in [2.24, 2.45) is 0 Å². The van der Waals surface area contributed by atoms with Gasteiger partial charge >= 0.3 is 12.2 Å². The van der Waals surface area contributed by atoms with Crippen LogP contribution in [0.25, 0.3) is 4.85 Å². The van der Waals surface area contributed by atoms with Crippen molar-refractivity contribution in [3.8, 4) is 0 Å². The molecule has 2 aromatic rings. The quantitative estimate of drug-likeness (QED) is 0.436. The highest BCUT2D eigenvalue weighted by atomic mass is 35.5. The zero-order chi connectivity index (χ0) is 26.6. The van der Waals surface area contributed by atoms with Gasteiger partial charge in [-0.2, -0.15) is 0 Å². The smallest absolute Gasteiger partial charge is 0.410 e. The number of benzene rings is 1. The van der Waals surface area contributed by atoms with Crippen molar-refractivity contribution in [2.75, 3.05) is 37.6 Å². The first-order valence-corrected chi connectivity index (χ1v) is 12.6. The molecule has 196 valence electrons. The van der Waals surface area contributed by atoms with Crippen molar-refractivity contribution in [2.45, 2.75) is 52.0 Å². The Hall–Kier alpha value is -3.58. The molecule has 1 atom stereocenters. The molecule has 0 radical (unpaired) electrons. The summed E-state index contributed by atoms with van der Waals surface area (Å²) in [6, 6.07) is 9.12. The number of carbonyl (C=O) groups excluding carboxylic acids is 2. The van der Waals surface area contributed by atoms with Crippen molar-refractivity contribution in [1.29, 1.82) is 0 Å². The van der Waals surface area contributed by atoms with Crippen LogP contribution in [0.15, 0.2) is 30.3 Å². The molecule has 2 aliphatic heterocycles. The Balaban J connectivity index is 1.47. The van der Waals surface area contributed by atoms with Gasteiger partial charge in [-0.3, -0.25) is 4.90 Å². The summed E-state index contributed by atoms with van der Waals surface area (Å²) >= 11 is 6.29. The number of halogens is 1. The fourth-order valence-electron chi connectivity index (χ4n) is 4.48. The van der Waals surface area contributed by atoms with Crippen LogP contribution >= 0.6 is 11.6 Å². The Kier molecular flexibility index (Phi) is 8.03. The topological polar surface area (TPSA) is 92.5 Å². The summed E-state index contributed by atoms with van der Waals surface area (Å²) in [7, 11) is 0. The molecule has 0 bridgehead atoms. The van der Waals surface area contributed by atoms with Crippen LogP contribution in [-0.2, 0) is 29.0 Å². The maximum absolute atomic E-state index is 12.9. The third-order valence-corrected chi connectivity index (χ3v) is 6.36. The van der Waals surface area contributed by atoms with Crippen molar-refractivity contribution < 1.29 is 19.1 Å². The molecular weight excluding hydrogens is 496 g/mol. The summed E-state index contributed by atoms with van der Waals surface area (Å²) in [5.41, 5.74) is 1.91. The monoisotopic (exact) mass is 526 g/mol. The molecule has 0 spiro atoms. The van der Waals surface area contributed by atoms with Crippen LogP contribution in [0, 0.1) is 6.57 Å². The van der Waals surface area contributed by atoms with Gasteiger partial charge in [-0.05, 0) is 44.4 Å². The molecule has 1 unspecified atom stereocenters. The van der Waals surface area contributed by atoms with E-state index in [9.17, 15) is 9.59 Å². The lowest BCUT2D eigenvalue weighted by molar-refractivity contribution is 0.0220. The van der Waals surface area contributed by atoms with Crippen molar-refractivity contribution >= 4 is 29.6 Å². The number of amides is 2. The summed E-state index contributed by atoms with van der Waals surface area (Å²) in [5, 5.41) is 0.0891. The Morgan fingerprint density at radius 3 is 2.59 bits per heavy atom. The van der Waals surface area contributed by atoms with Crippen molar-refractivity contribution in [1.82, 2.24) is 19.8 Å². The average Bonchev–Trinajstić information content (AvgIpc) is 2.86. The van der Waals surface area contributed by atoms with E-state index in [1.807, 2.05) is 56.0 Å². The molecule has 11 heteroatoms. The van der Waals surface area contributed by atoms with E-state index >= 15 is 0 Å². The maximum atomic E-state index is 12.9. The first-order chi connectivity index (χ1) is 17.6. The minimum Gasteiger partial charge on any atom is -0.445 e. The van der Waals surface area contributed by atoms with Gasteiger partial charge in [0, 0.05) is 31.7 Å². The molecule has 0 aliphatic carbocycles. The van der Waals surface area contributed by atoms with Crippen LogP contribution in [0.3, 0.4) is 0 Å². The van der Waals surface area contributed by atoms with E-state index in [0.717, 1.165) is 11.1 Å². The number of ether oxygens (including phenoxy) is 2. The molecular formula is C26H31ClN6O4. The minimum absolute atomic E-state index is 0.0891. The van der Waals surface area contributed by atoms with Gasteiger partial charge in [-0.1, -0.05) is 30.3 Å². The number of anilines is 1. The van der Waals surface area contributed by atoms with E-state index < -0.39 is 17.8 Å². The van der Waals surface area contributed by atoms with Gasteiger partial charge < -0.3 is 24.1 Å². The molecule has 2 aliphatic rings. The lowest BCUT2D eigenvalue weighted by atomic mass is 10.0. The highest BCUT2D eigenvalue weighted by molar-refractivity contribution is 6.28. The van der Waals surface area contributed by atoms with E-state index in [1.165, 1.54) is 0 Å². The summed E-state index contributed by atoms with van der Waals surface area (Å²) in [6.07, 6.45) is -0.282. The predicted molar refractivity (Wildman–Crippen MR) is 138 cm³/mol. The Morgan fingerprint density at radius 1 is 1.14 bits per heavy atom. The highest BCUT2D eigenvalue weighted by Gasteiger charge is 2.36. The lowest BCUT2D eigenvalue weighted by Gasteiger charge is -2.40. The molecule has 1 fully saturated rings. The molecule has 1 aromatic heterocycles. The van der Waals surface area contributed by atoms with E-state index in [2.05, 4.69) is 14.8 Å². The van der Waals surface area contributed by atoms with E-state index in [1.54, 1.807) is 9.80 Å². The summed E-state index contributed by atoms with van der Waals surface area (Å²) in [5.74, 6) is 0.686. The molecule has 1 aromatic carbocycles. The Morgan fingerprint density at radius 2 is 1.89 bits per heavy atom. The first-order valence-electron chi connectivity index (χ1n) is 12.2. The summed E-state index contributed by atoms with van der Waals surface area (Å²) in [6.45, 7) is 15.3. The largest absolute Gasteiger partial charge is 0.445 e. The molecule has 0 N–H and O–H groups in total. The summed E-state index contributed by atoms with van der Waals surface area (Å²) in [4.78, 5) is 43.2. The standard InChI is InChI=1S/C26H31ClN6O4/c1-26(2,3)37-24(34)32-11-10-20-21(16-32)29-23(27)30-22(20)31-12-13-33(19(15-31)14-28-4)25(35)36-17-18-8-6-5-7-9-18/h5-9,19H,10-17H2,1-3H3. The Bertz CT molecular complexity index is 1180. The summed E-state index contributed by atoms with van der Waals surface area (Å²) < 4.78 is 11.0. The molecule has 0 saturated carbocycles. The van der Waals surface area contributed by atoms with Crippen LogP contribution < -0.4 is 4.90 Å². The normalized spacial score (nSPS) is 17.6. The van der Waals surface area contributed by atoms with Gasteiger partial charge in [0.25, 0.3) is 0 Å². The molecule has 10 nitrogen and oxygen atoms in total. The number of piperazine rings is 1. The van der Waals surface area contributed by atoms with Crippen molar-refractivity contribution in [3.05, 3.63) is 63.9 Å². The molecule has 2 amide bonds. The van der Waals surface area contributed by atoms with Gasteiger partial charge in [-0.25, -0.2) is 26.1 Å². The number of aromatic nitrogens is 2. The third-order valence-electron chi connectivity index (χ3n) is 6.19. The molecule has 1 saturated heterocycles. The van der Waals surface area contributed by atoms with Gasteiger partial charge in [0.05, 0.1) is 12.2 Å². The number of hydrogen-bond acceptors (Lipinski definition) is 7. The fraction of sp³-hybridized carbons (Fsp3) is 0.500.